The number of ether oxygens (including phenoxy) is 1. The maximum atomic E-state index is 16.1. The Morgan fingerprint density at radius 1 is 1.07 bits per heavy atom. The summed E-state index contributed by atoms with van der Waals surface area (Å²) in [5.74, 6) is 2.10. The van der Waals surface area contributed by atoms with E-state index in [2.05, 4.69) is 30.7 Å². The maximum Gasteiger partial charge on any atom is 0.318 e. The zero-order valence-electron chi connectivity index (χ0n) is 23.9. The average Bonchev–Trinajstić information content (AvgIpc) is 3.80. The molecule has 1 saturated carbocycles. The van der Waals surface area contributed by atoms with Crippen LogP contribution >= 0.6 is 0 Å². The number of piperidine rings is 1. The summed E-state index contributed by atoms with van der Waals surface area (Å²) in [6.45, 7) is 2.71. The Morgan fingerprint density at radius 2 is 1.93 bits per heavy atom. The molecule has 43 heavy (non-hydrogen) atoms. The van der Waals surface area contributed by atoms with Gasteiger partial charge in [0.1, 0.15) is 34.8 Å². The number of hydrogen-bond acceptors (Lipinski definition) is 7. The molecule has 4 atom stereocenters. The number of methoxy groups -OCH3 is 1. The third kappa shape index (κ3) is 4.80. The number of nitrogens with zero attached hydrogens (tertiary/aromatic N) is 5. The van der Waals surface area contributed by atoms with E-state index < -0.39 is 17.8 Å². The number of phenols is 1. The molecule has 4 unspecified atom stereocenters. The first-order valence-electron chi connectivity index (χ1n) is 14.8. The lowest BCUT2D eigenvalue weighted by Crippen LogP contribution is -2.33. The van der Waals surface area contributed by atoms with Crippen LogP contribution in [0, 0.1) is 29.9 Å². The summed E-state index contributed by atoms with van der Waals surface area (Å²) in [6.07, 6.45) is 13.3. The number of fused-ring (bicyclic) bond motifs is 5. The van der Waals surface area contributed by atoms with Crippen LogP contribution in [-0.4, -0.2) is 70.0 Å². The summed E-state index contributed by atoms with van der Waals surface area (Å²) in [5.41, 5.74) is 0.110. The van der Waals surface area contributed by atoms with Gasteiger partial charge in [0.05, 0.1) is 18.1 Å². The molecule has 4 aliphatic rings. The SMILES string of the molecule is C#Cc1c(F)ccc2cc(O)cc(-c3ncc4c(N5CC6CCC5C6)nc(OC)nc4c3F)c12.FC1CC2CCCN2C1. The van der Waals surface area contributed by atoms with E-state index in [0.717, 1.165) is 32.4 Å². The Kier molecular flexibility index (Phi) is 7.01. The van der Waals surface area contributed by atoms with Gasteiger partial charge in [-0.15, -0.1) is 6.42 Å². The number of terminal acetylenes is 1. The number of aromatic nitrogens is 3. The number of rotatable bonds is 3. The molecule has 2 aromatic heterocycles. The van der Waals surface area contributed by atoms with Gasteiger partial charge in [0.25, 0.3) is 0 Å². The number of phenolic OH excluding ortho intramolecular Hbond substituents is 1. The van der Waals surface area contributed by atoms with Crippen molar-refractivity contribution in [2.45, 2.75) is 56.8 Å². The van der Waals surface area contributed by atoms with Gasteiger partial charge in [-0.05, 0) is 74.6 Å². The van der Waals surface area contributed by atoms with Crippen molar-refractivity contribution in [2.75, 3.05) is 31.6 Å². The number of aromatic hydroxyl groups is 1. The molecule has 8 rings (SSSR count). The highest BCUT2D eigenvalue weighted by Gasteiger charge is 2.40. The molecule has 10 heteroatoms. The Morgan fingerprint density at radius 3 is 2.65 bits per heavy atom. The Balaban J connectivity index is 0.000000283. The van der Waals surface area contributed by atoms with Crippen LogP contribution in [0.25, 0.3) is 32.9 Å². The van der Waals surface area contributed by atoms with Gasteiger partial charge in [-0.3, -0.25) is 9.88 Å². The van der Waals surface area contributed by atoms with Gasteiger partial charge in [-0.1, -0.05) is 12.0 Å². The molecule has 4 aromatic rings. The minimum atomic E-state index is -0.720. The first kappa shape index (κ1) is 27.7. The maximum absolute atomic E-state index is 16.1. The standard InChI is InChI=1S/C26H20F2N4O2.C7H12FN/c1-3-17-20(27)7-5-14-9-16(33)10-18(21(14)17)23-22(28)24-19(11-29-23)25(31-26(30-24)34-2)32-12-13-4-6-15(32)8-13;8-6-4-7-2-1-3-9(7)5-6/h1,5,7,9-11,13,15,33H,4,6,8,12H2,2H3;6-7H,1-5H2. The smallest absolute Gasteiger partial charge is 0.318 e. The summed E-state index contributed by atoms with van der Waals surface area (Å²) in [4.78, 5) is 17.7. The highest BCUT2D eigenvalue weighted by atomic mass is 19.1. The fourth-order valence-electron chi connectivity index (χ4n) is 7.48. The molecule has 2 bridgehead atoms. The number of alkyl halides is 1. The van der Waals surface area contributed by atoms with Gasteiger partial charge in [0.2, 0.25) is 0 Å². The predicted octanol–water partition coefficient (Wildman–Crippen LogP) is 6.00. The molecule has 222 valence electrons. The van der Waals surface area contributed by atoms with Crippen LogP contribution in [0.3, 0.4) is 0 Å². The molecule has 2 aromatic carbocycles. The molecule has 4 fully saturated rings. The van der Waals surface area contributed by atoms with Crippen molar-refractivity contribution in [3.8, 4) is 35.4 Å². The fourth-order valence-corrected chi connectivity index (χ4v) is 7.48. The molecule has 3 aliphatic heterocycles. The number of hydrogen-bond donors (Lipinski definition) is 1. The van der Waals surface area contributed by atoms with E-state index in [1.807, 2.05) is 0 Å². The van der Waals surface area contributed by atoms with E-state index in [9.17, 15) is 13.9 Å². The van der Waals surface area contributed by atoms with Gasteiger partial charge in [0.15, 0.2) is 5.82 Å². The quantitative estimate of drug-likeness (QED) is 0.295. The molecule has 1 aliphatic carbocycles. The van der Waals surface area contributed by atoms with Crippen LogP contribution in [0.2, 0.25) is 0 Å². The van der Waals surface area contributed by atoms with Crippen molar-refractivity contribution in [1.82, 2.24) is 19.9 Å². The lowest BCUT2D eigenvalue weighted by molar-refractivity contribution is 0.292. The van der Waals surface area contributed by atoms with Gasteiger partial charge < -0.3 is 14.7 Å². The lowest BCUT2D eigenvalue weighted by Gasteiger charge is -2.29. The molecule has 1 N–H and O–H groups in total. The molecule has 0 spiro atoms. The summed E-state index contributed by atoms with van der Waals surface area (Å²) < 4.78 is 48.5. The van der Waals surface area contributed by atoms with Crippen LogP contribution in [0.5, 0.6) is 11.8 Å². The van der Waals surface area contributed by atoms with Crippen LogP contribution in [0.1, 0.15) is 44.1 Å². The van der Waals surface area contributed by atoms with Crippen molar-refractivity contribution < 1.29 is 23.0 Å². The lowest BCUT2D eigenvalue weighted by atomic mass is 9.96. The molecule has 7 nitrogen and oxygen atoms in total. The van der Waals surface area contributed by atoms with Crippen molar-refractivity contribution in [1.29, 1.82) is 0 Å². The van der Waals surface area contributed by atoms with E-state index >= 15 is 4.39 Å². The zero-order valence-corrected chi connectivity index (χ0v) is 23.9. The first-order valence-corrected chi connectivity index (χ1v) is 14.8. The average molecular weight is 588 g/mol. The van der Waals surface area contributed by atoms with Gasteiger partial charge in [0, 0.05) is 42.3 Å². The molecule has 0 radical (unpaired) electrons. The Bertz CT molecular complexity index is 1760. The number of anilines is 1. The minimum Gasteiger partial charge on any atom is -0.508 e. The molecular formula is C33H32F3N5O2. The van der Waals surface area contributed by atoms with Gasteiger partial charge in [-0.2, -0.15) is 9.97 Å². The highest BCUT2D eigenvalue weighted by molar-refractivity contribution is 6.03. The molecule has 5 heterocycles. The van der Waals surface area contributed by atoms with Crippen LogP contribution in [0.4, 0.5) is 19.0 Å². The van der Waals surface area contributed by atoms with Crippen LogP contribution in [-0.2, 0) is 0 Å². The number of benzene rings is 2. The topological polar surface area (TPSA) is 74.6 Å². The second kappa shape index (κ2) is 10.9. The third-order valence-electron chi connectivity index (χ3n) is 9.42. The van der Waals surface area contributed by atoms with Crippen molar-refractivity contribution >= 4 is 27.5 Å². The largest absolute Gasteiger partial charge is 0.508 e. The van der Waals surface area contributed by atoms with E-state index in [4.69, 9.17) is 11.2 Å². The van der Waals surface area contributed by atoms with Gasteiger partial charge >= 0.3 is 6.01 Å². The summed E-state index contributed by atoms with van der Waals surface area (Å²) in [6, 6.07) is 6.50. The molecule has 0 amide bonds. The third-order valence-corrected chi connectivity index (χ3v) is 9.42. The normalized spacial score (nSPS) is 24.3. The van der Waals surface area contributed by atoms with E-state index in [-0.39, 0.29) is 34.1 Å². The summed E-state index contributed by atoms with van der Waals surface area (Å²) in [5, 5.41) is 11.5. The minimum absolute atomic E-state index is 0.0251. The number of halogens is 3. The van der Waals surface area contributed by atoms with Crippen molar-refractivity contribution in [3.63, 3.8) is 0 Å². The summed E-state index contributed by atoms with van der Waals surface area (Å²) in [7, 11) is 1.44. The van der Waals surface area contributed by atoms with Crippen molar-refractivity contribution in [3.05, 3.63) is 47.7 Å². The second-order valence-corrected chi connectivity index (χ2v) is 12.0. The second-order valence-electron chi connectivity index (χ2n) is 12.0. The van der Waals surface area contributed by atoms with E-state index in [0.29, 0.717) is 46.5 Å². The highest BCUT2D eigenvalue weighted by Crippen LogP contribution is 2.43. The van der Waals surface area contributed by atoms with Crippen molar-refractivity contribution in [2.24, 2.45) is 5.92 Å². The van der Waals surface area contributed by atoms with Crippen LogP contribution < -0.4 is 9.64 Å². The van der Waals surface area contributed by atoms with Gasteiger partial charge in [-0.25, -0.2) is 13.2 Å². The van der Waals surface area contributed by atoms with Crippen LogP contribution in [0.15, 0.2) is 30.5 Å². The zero-order chi connectivity index (χ0) is 29.8. The Hall–Kier alpha value is -4.10. The fraction of sp³-hybridized carbons (Fsp3) is 0.424. The monoisotopic (exact) mass is 587 g/mol. The first-order chi connectivity index (χ1) is 20.8. The predicted molar refractivity (Wildman–Crippen MR) is 159 cm³/mol. The summed E-state index contributed by atoms with van der Waals surface area (Å²) >= 11 is 0. The number of pyridine rings is 1. The molecular weight excluding hydrogens is 555 g/mol. The van der Waals surface area contributed by atoms with E-state index in [1.54, 1.807) is 0 Å². The Labute approximate surface area is 247 Å². The van der Waals surface area contributed by atoms with E-state index in [1.165, 1.54) is 56.8 Å². The molecule has 3 saturated heterocycles.